The Kier molecular flexibility index (Phi) is 6.01. The summed E-state index contributed by atoms with van der Waals surface area (Å²) in [5, 5.41) is 0. The number of morpholine rings is 1. The van der Waals surface area contributed by atoms with Gasteiger partial charge in [-0.3, -0.25) is 4.79 Å². The van der Waals surface area contributed by atoms with E-state index in [0.29, 0.717) is 31.9 Å². The van der Waals surface area contributed by atoms with Gasteiger partial charge in [-0.1, -0.05) is 13.8 Å². The van der Waals surface area contributed by atoms with Crippen LogP contribution in [0.2, 0.25) is 0 Å². The van der Waals surface area contributed by atoms with Crippen molar-refractivity contribution >= 4 is 15.9 Å². The number of carbonyl (C=O) groups excluding carboxylic acids is 1. The Hall–Kier alpha value is -1.44. The van der Waals surface area contributed by atoms with Crippen LogP contribution in [-0.4, -0.2) is 61.9 Å². The Balaban J connectivity index is 2.24. The second-order valence-corrected chi connectivity index (χ2v) is 8.00. The minimum absolute atomic E-state index is 0.000309. The molecule has 7 heteroatoms. The predicted octanol–water partition coefficient (Wildman–Crippen LogP) is 1.97. The van der Waals surface area contributed by atoms with Crippen LogP contribution in [0.15, 0.2) is 29.2 Å². The van der Waals surface area contributed by atoms with E-state index in [-0.39, 0.29) is 22.9 Å². The molecule has 1 fully saturated rings. The van der Waals surface area contributed by atoms with Gasteiger partial charge < -0.3 is 9.64 Å². The van der Waals surface area contributed by atoms with E-state index in [1.165, 1.54) is 16.4 Å². The van der Waals surface area contributed by atoms with Gasteiger partial charge in [0.1, 0.15) is 0 Å². The van der Waals surface area contributed by atoms with E-state index in [2.05, 4.69) is 0 Å². The second-order valence-electron chi connectivity index (χ2n) is 6.06. The van der Waals surface area contributed by atoms with Crippen LogP contribution in [0, 0.1) is 0 Å². The number of benzene rings is 1. The number of nitrogens with zero attached hydrogens (tertiary/aromatic N) is 2. The third kappa shape index (κ3) is 3.63. The number of ether oxygens (including phenoxy) is 1. The Bertz CT molecular complexity index is 658. The van der Waals surface area contributed by atoms with Crippen LogP contribution in [0.25, 0.3) is 0 Å². The summed E-state index contributed by atoms with van der Waals surface area (Å²) in [6.45, 7) is 9.39. The van der Waals surface area contributed by atoms with Gasteiger partial charge >= 0.3 is 0 Å². The lowest BCUT2D eigenvalue weighted by Gasteiger charge is -2.38. The SMILES string of the molecule is CCN(CC)S(=O)(=O)c1ccc(C(=O)N2C(C)COCC2C)cc1. The van der Waals surface area contributed by atoms with Gasteiger partial charge in [0.15, 0.2) is 0 Å². The van der Waals surface area contributed by atoms with E-state index in [0.717, 1.165) is 0 Å². The van der Waals surface area contributed by atoms with Crippen molar-refractivity contribution < 1.29 is 17.9 Å². The fourth-order valence-corrected chi connectivity index (χ4v) is 4.49. The second kappa shape index (κ2) is 7.63. The zero-order valence-corrected chi connectivity index (χ0v) is 15.5. The van der Waals surface area contributed by atoms with Crippen molar-refractivity contribution in [1.82, 2.24) is 9.21 Å². The lowest BCUT2D eigenvalue weighted by Crippen LogP contribution is -2.52. The lowest BCUT2D eigenvalue weighted by molar-refractivity contribution is -0.0249. The largest absolute Gasteiger partial charge is 0.377 e. The Morgan fingerprint density at radius 1 is 1.12 bits per heavy atom. The number of amides is 1. The maximum absolute atomic E-state index is 12.7. The van der Waals surface area contributed by atoms with Gasteiger partial charge in [-0.2, -0.15) is 4.31 Å². The first-order valence-corrected chi connectivity index (χ1v) is 9.77. The molecule has 2 unspecified atom stereocenters. The highest BCUT2D eigenvalue weighted by molar-refractivity contribution is 7.89. The molecular weight excluding hydrogens is 328 g/mol. The molecule has 1 aromatic carbocycles. The van der Waals surface area contributed by atoms with E-state index in [4.69, 9.17) is 4.74 Å². The lowest BCUT2D eigenvalue weighted by atomic mass is 10.1. The van der Waals surface area contributed by atoms with Gasteiger partial charge in [0.25, 0.3) is 5.91 Å². The molecule has 1 aliphatic rings. The summed E-state index contributed by atoms with van der Waals surface area (Å²) in [5.74, 6) is -0.0925. The van der Waals surface area contributed by atoms with Crippen LogP contribution in [0.1, 0.15) is 38.1 Å². The van der Waals surface area contributed by atoms with Crippen LogP contribution in [-0.2, 0) is 14.8 Å². The molecule has 1 heterocycles. The van der Waals surface area contributed by atoms with Gasteiger partial charge in [0.2, 0.25) is 10.0 Å². The third-order valence-electron chi connectivity index (χ3n) is 4.35. The molecule has 24 heavy (non-hydrogen) atoms. The van der Waals surface area contributed by atoms with E-state index >= 15 is 0 Å². The standard InChI is InChI=1S/C17H26N2O4S/c1-5-18(6-2)24(21,22)16-9-7-15(8-10-16)17(20)19-13(3)11-23-12-14(19)4/h7-10,13-14H,5-6,11-12H2,1-4H3. The molecule has 2 atom stereocenters. The highest BCUT2D eigenvalue weighted by Gasteiger charge is 2.30. The van der Waals surface area contributed by atoms with Crippen molar-refractivity contribution in [2.24, 2.45) is 0 Å². The van der Waals surface area contributed by atoms with Gasteiger partial charge in [0, 0.05) is 18.7 Å². The van der Waals surface area contributed by atoms with E-state index in [1.807, 2.05) is 13.8 Å². The summed E-state index contributed by atoms with van der Waals surface area (Å²) < 4.78 is 31.8. The topological polar surface area (TPSA) is 66.9 Å². The first-order chi connectivity index (χ1) is 11.3. The van der Waals surface area contributed by atoms with E-state index in [9.17, 15) is 13.2 Å². The summed E-state index contributed by atoms with van der Waals surface area (Å²) in [6, 6.07) is 6.20. The molecule has 1 aromatic rings. The van der Waals surface area contributed by atoms with E-state index < -0.39 is 10.0 Å². The smallest absolute Gasteiger partial charge is 0.254 e. The van der Waals surface area contributed by atoms with Gasteiger partial charge in [-0.05, 0) is 38.1 Å². The van der Waals surface area contributed by atoms with Crippen molar-refractivity contribution in [3.8, 4) is 0 Å². The molecule has 1 aliphatic heterocycles. The molecule has 134 valence electrons. The Morgan fingerprint density at radius 2 is 1.62 bits per heavy atom. The number of rotatable bonds is 5. The monoisotopic (exact) mass is 354 g/mol. The van der Waals surface area contributed by atoms with Gasteiger partial charge in [-0.25, -0.2) is 8.42 Å². The molecule has 1 saturated heterocycles. The molecule has 1 amide bonds. The van der Waals surface area contributed by atoms with Crippen molar-refractivity contribution in [2.75, 3.05) is 26.3 Å². The van der Waals surface area contributed by atoms with Crippen molar-refractivity contribution in [3.63, 3.8) is 0 Å². The zero-order chi connectivity index (χ0) is 17.9. The zero-order valence-electron chi connectivity index (χ0n) is 14.7. The van der Waals surface area contributed by atoms with Gasteiger partial charge in [-0.15, -0.1) is 0 Å². The van der Waals surface area contributed by atoms with Crippen LogP contribution in [0.4, 0.5) is 0 Å². The number of hydrogen-bond acceptors (Lipinski definition) is 4. The minimum Gasteiger partial charge on any atom is -0.377 e. The summed E-state index contributed by atoms with van der Waals surface area (Å²) in [6.07, 6.45) is 0. The van der Waals surface area contributed by atoms with Gasteiger partial charge in [0.05, 0.1) is 30.2 Å². The molecule has 0 aromatic heterocycles. The van der Waals surface area contributed by atoms with Crippen LogP contribution in [0.5, 0.6) is 0 Å². The summed E-state index contributed by atoms with van der Waals surface area (Å²) >= 11 is 0. The van der Waals surface area contributed by atoms with Crippen LogP contribution < -0.4 is 0 Å². The minimum atomic E-state index is -3.50. The normalized spacial score (nSPS) is 22.0. The fourth-order valence-electron chi connectivity index (χ4n) is 3.04. The maximum Gasteiger partial charge on any atom is 0.254 e. The highest BCUT2D eigenvalue weighted by atomic mass is 32.2. The number of sulfonamides is 1. The molecule has 0 N–H and O–H groups in total. The summed E-state index contributed by atoms with van der Waals surface area (Å²) in [5.41, 5.74) is 0.495. The molecule has 0 aliphatic carbocycles. The predicted molar refractivity (Wildman–Crippen MR) is 92.5 cm³/mol. The first-order valence-electron chi connectivity index (χ1n) is 8.33. The fraction of sp³-hybridized carbons (Fsp3) is 0.588. The third-order valence-corrected chi connectivity index (χ3v) is 6.41. The number of hydrogen-bond donors (Lipinski definition) is 0. The van der Waals surface area contributed by atoms with Crippen LogP contribution >= 0.6 is 0 Å². The quantitative estimate of drug-likeness (QED) is 0.811. The molecule has 0 bridgehead atoms. The summed E-state index contributed by atoms with van der Waals surface area (Å²) in [7, 11) is -3.50. The maximum atomic E-state index is 12.7. The summed E-state index contributed by atoms with van der Waals surface area (Å²) in [4.78, 5) is 14.8. The van der Waals surface area contributed by atoms with Crippen molar-refractivity contribution in [1.29, 1.82) is 0 Å². The molecule has 0 radical (unpaired) electrons. The highest BCUT2D eigenvalue weighted by Crippen LogP contribution is 2.20. The van der Waals surface area contributed by atoms with E-state index in [1.54, 1.807) is 30.9 Å². The van der Waals surface area contributed by atoms with Crippen LogP contribution in [0.3, 0.4) is 0 Å². The first kappa shape index (κ1) is 18.9. The molecule has 0 spiro atoms. The van der Waals surface area contributed by atoms with Crippen molar-refractivity contribution in [3.05, 3.63) is 29.8 Å². The number of carbonyl (C=O) groups is 1. The molecule has 2 rings (SSSR count). The molecular formula is C17H26N2O4S. The van der Waals surface area contributed by atoms with Crippen molar-refractivity contribution in [2.45, 2.75) is 44.7 Å². The Labute approximate surface area is 144 Å². The Morgan fingerprint density at radius 3 is 2.08 bits per heavy atom. The molecule has 0 saturated carbocycles. The molecule has 6 nitrogen and oxygen atoms in total. The average molecular weight is 354 g/mol. The average Bonchev–Trinajstić information content (AvgIpc) is 2.55.